The molecule has 2 aromatic rings. The largest absolute Gasteiger partial charge is 0.497 e. The van der Waals surface area contributed by atoms with Gasteiger partial charge in [0.25, 0.3) is 0 Å². The second-order valence-electron chi connectivity index (χ2n) is 4.73. The van der Waals surface area contributed by atoms with Gasteiger partial charge in [-0.1, -0.05) is 0 Å². The Morgan fingerprint density at radius 3 is 2.70 bits per heavy atom. The van der Waals surface area contributed by atoms with Crippen LogP contribution in [0.4, 0.5) is 17.5 Å². The normalized spacial score (nSPS) is 10.2. The number of methoxy groups -OCH3 is 3. The Kier molecular flexibility index (Phi) is 6.43. The monoisotopic (exact) mass is 318 g/mol. The number of anilines is 3. The number of aromatic nitrogens is 2. The van der Waals surface area contributed by atoms with Gasteiger partial charge in [0.05, 0.1) is 19.9 Å². The van der Waals surface area contributed by atoms with E-state index in [9.17, 15) is 0 Å². The number of hydrogen-bond donors (Lipinski definition) is 2. The first-order valence-electron chi connectivity index (χ1n) is 7.31. The lowest BCUT2D eigenvalue weighted by atomic mass is 10.2. The molecular weight excluding hydrogens is 296 g/mol. The van der Waals surface area contributed by atoms with Crippen molar-refractivity contribution in [2.45, 2.75) is 6.42 Å². The third-order valence-electron chi connectivity index (χ3n) is 3.14. The minimum absolute atomic E-state index is 0.568. The number of ether oxygens (including phenoxy) is 3. The van der Waals surface area contributed by atoms with Gasteiger partial charge in [-0.25, -0.2) is 4.98 Å². The van der Waals surface area contributed by atoms with Crippen LogP contribution in [0, 0.1) is 0 Å². The summed E-state index contributed by atoms with van der Waals surface area (Å²) >= 11 is 0. The predicted octanol–water partition coefficient (Wildman–Crippen LogP) is 2.69. The van der Waals surface area contributed by atoms with E-state index in [4.69, 9.17) is 14.2 Å². The van der Waals surface area contributed by atoms with Crippen LogP contribution in [0.5, 0.6) is 11.5 Å². The molecule has 2 rings (SSSR count). The third kappa shape index (κ3) is 5.00. The molecule has 0 atom stereocenters. The average Bonchev–Trinajstić information content (AvgIpc) is 2.59. The first-order chi connectivity index (χ1) is 11.3. The highest BCUT2D eigenvalue weighted by atomic mass is 16.5. The maximum atomic E-state index is 5.37. The van der Waals surface area contributed by atoms with Crippen LogP contribution >= 0.6 is 0 Å². The van der Waals surface area contributed by atoms with E-state index in [0.29, 0.717) is 24.1 Å². The van der Waals surface area contributed by atoms with Crippen molar-refractivity contribution in [1.82, 2.24) is 9.97 Å². The summed E-state index contributed by atoms with van der Waals surface area (Å²) in [6, 6.07) is 7.35. The van der Waals surface area contributed by atoms with E-state index in [1.165, 1.54) is 0 Å². The molecule has 1 aromatic carbocycles. The molecule has 1 aromatic heterocycles. The van der Waals surface area contributed by atoms with E-state index >= 15 is 0 Å². The van der Waals surface area contributed by atoms with Crippen LogP contribution in [-0.2, 0) is 4.74 Å². The van der Waals surface area contributed by atoms with Crippen molar-refractivity contribution in [2.75, 3.05) is 45.1 Å². The van der Waals surface area contributed by atoms with Gasteiger partial charge < -0.3 is 24.8 Å². The molecule has 1 heterocycles. The van der Waals surface area contributed by atoms with Crippen molar-refractivity contribution in [3.8, 4) is 11.5 Å². The quantitative estimate of drug-likeness (QED) is 0.688. The van der Waals surface area contributed by atoms with Gasteiger partial charge in [-0.05, 0) is 24.6 Å². The van der Waals surface area contributed by atoms with E-state index in [1.807, 2.05) is 18.2 Å². The van der Waals surface area contributed by atoms with Gasteiger partial charge in [-0.2, -0.15) is 4.98 Å². The van der Waals surface area contributed by atoms with E-state index in [0.717, 1.165) is 24.4 Å². The molecule has 0 aliphatic rings. The topological polar surface area (TPSA) is 77.5 Å². The highest BCUT2D eigenvalue weighted by Crippen LogP contribution is 2.30. The van der Waals surface area contributed by atoms with Crippen molar-refractivity contribution >= 4 is 17.5 Å². The van der Waals surface area contributed by atoms with Gasteiger partial charge in [-0.3, -0.25) is 0 Å². The molecule has 2 N–H and O–H groups in total. The zero-order valence-corrected chi connectivity index (χ0v) is 13.6. The van der Waals surface area contributed by atoms with Gasteiger partial charge in [-0.15, -0.1) is 0 Å². The second-order valence-corrected chi connectivity index (χ2v) is 4.73. The van der Waals surface area contributed by atoms with Gasteiger partial charge in [0.1, 0.15) is 17.3 Å². The Morgan fingerprint density at radius 1 is 1.09 bits per heavy atom. The molecule has 23 heavy (non-hydrogen) atoms. The van der Waals surface area contributed by atoms with E-state index in [-0.39, 0.29) is 0 Å². The molecule has 0 aliphatic carbocycles. The minimum atomic E-state index is 0.568. The molecule has 7 heteroatoms. The molecule has 0 saturated heterocycles. The lowest BCUT2D eigenvalue weighted by molar-refractivity contribution is 0.197. The van der Waals surface area contributed by atoms with Crippen LogP contribution in [0.1, 0.15) is 6.42 Å². The Labute approximate surface area is 136 Å². The molecule has 0 saturated carbocycles. The minimum Gasteiger partial charge on any atom is -0.497 e. The van der Waals surface area contributed by atoms with Crippen LogP contribution in [0.2, 0.25) is 0 Å². The zero-order chi connectivity index (χ0) is 16.5. The van der Waals surface area contributed by atoms with Crippen molar-refractivity contribution in [1.29, 1.82) is 0 Å². The summed E-state index contributed by atoms with van der Waals surface area (Å²) in [7, 11) is 4.92. The van der Waals surface area contributed by atoms with Gasteiger partial charge >= 0.3 is 0 Å². The van der Waals surface area contributed by atoms with Crippen LogP contribution < -0.4 is 20.1 Å². The first kappa shape index (κ1) is 16.8. The summed E-state index contributed by atoms with van der Waals surface area (Å²) in [5, 5.41) is 6.38. The summed E-state index contributed by atoms with van der Waals surface area (Å²) in [4.78, 5) is 8.62. The summed E-state index contributed by atoms with van der Waals surface area (Å²) in [5.41, 5.74) is 0.803. The highest BCUT2D eigenvalue weighted by Gasteiger charge is 2.07. The average molecular weight is 318 g/mol. The third-order valence-corrected chi connectivity index (χ3v) is 3.14. The standard InChI is InChI=1S/C16H22N4O3/c1-21-10-4-8-17-16-18-9-7-15(20-16)19-13-6-5-12(22-2)11-14(13)23-3/h5-7,9,11H,4,8,10H2,1-3H3,(H2,17,18,19,20). The van der Waals surface area contributed by atoms with E-state index < -0.39 is 0 Å². The smallest absolute Gasteiger partial charge is 0.224 e. The number of hydrogen-bond acceptors (Lipinski definition) is 7. The van der Waals surface area contributed by atoms with Crippen molar-refractivity contribution in [3.05, 3.63) is 30.5 Å². The highest BCUT2D eigenvalue weighted by molar-refractivity contribution is 5.66. The maximum absolute atomic E-state index is 5.37. The Morgan fingerprint density at radius 2 is 1.96 bits per heavy atom. The van der Waals surface area contributed by atoms with Crippen molar-refractivity contribution < 1.29 is 14.2 Å². The van der Waals surface area contributed by atoms with Crippen LogP contribution in [0.25, 0.3) is 0 Å². The van der Waals surface area contributed by atoms with E-state index in [2.05, 4.69) is 20.6 Å². The predicted molar refractivity (Wildman–Crippen MR) is 89.8 cm³/mol. The number of benzene rings is 1. The van der Waals surface area contributed by atoms with Crippen molar-refractivity contribution in [2.24, 2.45) is 0 Å². The fraction of sp³-hybridized carbons (Fsp3) is 0.375. The molecule has 0 amide bonds. The summed E-state index contributed by atoms with van der Waals surface area (Å²) in [5.74, 6) is 2.66. The number of nitrogens with one attached hydrogen (secondary N) is 2. The Balaban J connectivity index is 2.05. The van der Waals surface area contributed by atoms with Crippen LogP contribution in [0.15, 0.2) is 30.5 Å². The summed E-state index contributed by atoms with van der Waals surface area (Å²) < 4.78 is 15.6. The van der Waals surface area contributed by atoms with Crippen LogP contribution in [0.3, 0.4) is 0 Å². The molecule has 0 radical (unpaired) electrons. The lowest BCUT2D eigenvalue weighted by Crippen LogP contribution is -2.08. The molecule has 0 fully saturated rings. The summed E-state index contributed by atoms with van der Waals surface area (Å²) in [6.07, 6.45) is 2.59. The van der Waals surface area contributed by atoms with Crippen LogP contribution in [-0.4, -0.2) is 44.4 Å². The first-order valence-corrected chi connectivity index (χ1v) is 7.31. The molecule has 124 valence electrons. The molecule has 0 aliphatic heterocycles. The number of nitrogens with zero attached hydrogens (tertiary/aromatic N) is 2. The maximum Gasteiger partial charge on any atom is 0.224 e. The summed E-state index contributed by atoms with van der Waals surface area (Å²) in [6.45, 7) is 1.46. The fourth-order valence-corrected chi connectivity index (χ4v) is 1.97. The molecule has 7 nitrogen and oxygen atoms in total. The fourth-order valence-electron chi connectivity index (χ4n) is 1.97. The SMILES string of the molecule is COCCCNc1nccc(Nc2ccc(OC)cc2OC)n1. The number of rotatable bonds is 9. The lowest BCUT2D eigenvalue weighted by Gasteiger charge is -2.12. The molecule has 0 spiro atoms. The van der Waals surface area contributed by atoms with Gasteiger partial charge in [0.2, 0.25) is 5.95 Å². The van der Waals surface area contributed by atoms with E-state index in [1.54, 1.807) is 33.6 Å². The molecule has 0 unspecified atom stereocenters. The second kappa shape index (κ2) is 8.79. The Bertz CT molecular complexity index is 622. The Hall–Kier alpha value is -2.54. The zero-order valence-electron chi connectivity index (χ0n) is 13.6. The molecular formula is C16H22N4O3. The van der Waals surface area contributed by atoms with Gasteiger partial charge in [0.15, 0.2) is 0 Å². The van der Waals surface area contributed by atoms with Gasteiger partial charge in [0, 0.05) is 32.5 Å². The van der Waals surface area contributed by atoms with Crippen molar-refractivity contribution in [3.63, 3.8) is 0 Å². The molecule has 0 bridgehead atoms.